The topological polar surface area (TPSA) is 79.5 Å². The lowest BCUT2D eigenvalue weighted by molar-refractivity contribution is -0.568. The van der Waals surface area contributed by atoms with Crippen LogP contribution in [0.3, 0.4) is 0 Å². The van der Waals surface area contributed by atoms with Crippen LogP contribution in [-0.2, 0) is 4.74 Å². The van der Waals surface area contributed by atoms with Gasteiger partial charge in [-0.2, -0.15) is 0 Å². The standard InChI is InChI=1S/C13H9N5O2/c1-20-13(19)8-3-2-4-10-9(8)7-17-16-11-12(18(10)17)15-6-5-14-11/h2-7H,1H3. The zero-order valence-electron chi connectivity index (χ0n) is 10.5. The average Bonchev–Trinajstić information content (AvgIpc) is 3.01. The van der Waals surface area contributed by atoms with E-state index in [1.807, 2.05) is 10.6 Å². The molecule has 1 aromatic carbocycles. The number of nitrogens with zero attached hydrogens (tertiary/aromatic N) is 5. The summed E-state index contributed by atoms with van der Waals surface area (Å²) in [4.78, 5) is 8.45. The van der Waals surface area contributed by atoms with Crippen LogP contribution in [-0.4, -0.2) is 26.8 Å². The maximum absolute atomic E-state index is 11.8. The maximum Gasteiger partial charge on any atom is 0.351 e. The third kappa shape index (κ3) is 1.28. The zero-order chi connectivity index (χ0) is 13.7. The predicted octanol–water partition coefficient (Wildman–Crippen LogP) is -1.19. The van der Waals surface area contributed by atoms with E-state index in [1.54, 1.807) is 35.4 Å². The second-order valence-electron chi connectivity index (χ2n) is 4.29. The Balaban J connectivity index is 2.28. The van der Waals surface area contributed by atoms with Crippen molar-refractivity contribution in [2.24, 2.45) is 0 Å². The minimum absolute atomic E-state index is 0.375. The second-order valence-corrected chi connectivity index (χ2v) is 4.29. The number of rotatable bonds is 1. The average molecular weight is 267 g/mol. The fourth-order valence-corrected chi connectivity index (χ4v) is 2.37. The molecule has 0 radical (unpaired) electrons. The maximum atomic E-state index is 11.8. The molecule has 0 bridgehead atoms. The Morgan fingerprint density at radius 2 is 2.15 bits per heavy atom. The van der Waals surface area contributed by atoms with Gasteiger partial charge in [-0.15, -0.1) is 9.50 Å². The van der Waals surface area contributed by atoms with Crippen molar-refractivity contribution < 1.29 is 14.4 Å². The van der Waals surface area contributed by atoms with E-state index in [1.165, 1.54) is 7.11 Å². The molecule has 0 aliphatic carbocycles. The van der Waals surface area contributed by atoms with Gasteiger partial charge in [-0.05, 0) is 13.2 Å². The van der Waals surface area contributed by atoms with E-state index in [0.717, 1.165) is 10.9 Å². The van der Waals surface area contributed by atoms with Crippen molar-refractivity contribution in [1.82, 2.24) is 19.7 Å². The Bertz CT molecular complexity index is 1010. The van der Waals surface area contributed by atoms with E-state index in [0.29, 0.717) is 16.5 Å². The van der Waals surface area contributed by atoms with Crippen molar-refractivity contribution >= 4 is 28.1 Å². The molecule has 0 saturated heterocycles. The first-order valence-corrected chi connectivity index (χ1v) is 5.98. The molecule has 4 rings (SSSR count). The van der Waals surface area contributed by atoms with Gasteiger partial charge in [0.05, 0.1) is 18.3 Å². The molecule has 0 atom stereocenters. The van der Waals surface area contributed by atoms with Crippen molar-refractivity contribution in [1.29, 1.82) is 0 Å². The lowest BCUT2D eigenvalue weighted by Gasteiger charge is -2.07. The molecule has 3 heterocycles. The molecule has 4 aromatic rings. The monoisotopic (exact) mass is 267 g/mol. The molecule has 0 amide bonds. The third-order valence-corrected chi connectivity index (χ3v) is 3.22. The van der Waals surface area contributed by atoms with Gasteiger partial charge in [0.25, 0.3) is 0 Å². The summed E-state index contributed by atoms with van der Waals surface area (Å²) in [7, 11) is 1.36. The van der Waals surface area contributed by atoms with Gasteiger partial charge in [0.1, 0.15) is 11.7 Å². The van der Waals surface area contributed by atoms with Gasteiger partial charge in [-0.25, -0.2) is 4.98 Å². The quantitative estimate of drug-likeness (QED) is 0.405. The Hall–Kier alpha value is -2.96. The molecular weight excluding hydrogens is 258 g/mol. The zero-order valence-corrected chi connectivity index (χ0v) is 10.5. The van der Waals surface area contributed by atoms with E-state index >= 15 is 0 Å². The van der Waals surface area contributed by atoms with E-state index in [-0.39, 0.29) is 5.95 Å². The molecule has 7 heteroatoms. The van der Waals surface area contributed by atoms with Crippen LogP contribution in [0.1, 0.15) is 0 Å². The Morgan fingerprint density at radius 1 is 1.30 bits per heavy atom. The molecule has 20 heavy (non-hydrogen) atoms. The molecule has 7 nitrogen and oxygen atoms in total. The highest BCUT2D eigenvalue weighted by Crippen LogP contribution is 2.09. The molecule has 0 unspecified atom stereocenters. The molecule has 0 spiro atoms. The smallest absolute Gasteiger partial charge is 0.351 e. The van der Waals surface area contributed by atoms with Crippen LogP contribution >= 0.6 is 0 Å². The number of ether oxygens (including phenoxy) is 1. The molecule has 0 saturated carbocycles. The minimum Gasteiger partial charge on any atom is -0.616 e. The van der Waals surface area contributed by atoms with Gasteiger partial charge < -0.3 is 9.84 Å². The number of benzene rings is 1. The normalized spacial score (nSPS) is 13.2. The number of methoxy groups -OCH3 is 1. The van der Waals surface area contributed by atoms with Crippen molar-refractivity contribution in [3.05, 3.63) is 42.0 Å². The van der Waals surface area contributed by atoms with Gasteiger partial charge in [-0.3, -0.25) is 0 Å². The highest BCUT2D eigenvalue weighted by Gasteiger charge is 2.19. The summed E-state index contributed by atoms with van der Waals surface area (Å²) in [6.07, 6.45) is 4.97. The summed E-state index contributed by atoms with van der Waals surface area (Å²) in [6.45, 7) is 0. The van der Waals surface area contributed by atoms with E-state index in [2.05, 4.69) is 15.1 Å². The summed E-state index contributed by atoms with van der Waals surface area (Å²) in [6, 6.07) is 5.43. The first-order valence-electron chi connectivity index (χ1n) is 5.98. The second kappa shape index (κ2) is 3.77. The van der Waals surface area contributed by atoms with Crippen molar-refractivity contribution in [3.63, 3.8) is 0 Å². The highest BCUT2D eigenvalue weighted by atomic mass is 16.6. The molecule has 0 fully saturated rings. The number of hydrogen-bond donors (Lipinski definition) is 0. The molecule has 0 aliphatic rings. The summed E-state index contributed by atoms with van der Waals surface area (Å²) in [5.41, 5.74) is 2.03. The summed E-state index contributed by atoms with van der Waals surface area (Å²) >= 11 is 0. The SMILES string of the molecule is COC([O-])=c1cccc2c1cn1nc3nccnc3[n+]21. The Morgan fingerprint density at radius 3 is 3.00 bits per heavy atom. The molecule has 3 aromatic heterocycles. The minimum atomic E-state index is -0.375. The first-order chi connectivity index (χ1) is 9.79. The van der Waals surface area contributed by atoms with Crippen molar-refractivity contribution in [2.45, 2.75) is 0 Å². The molecule has 98 valence electrons. The Labute approximate surface area is 112 Å². The van der Waals surface area contributed by atoms with Crippen LogP contribution in [0.5, 0.6) is 0 Å². The summed E-state index contributed by atoms with van der Waals surface area (Å²) in [5, 5.41) is 17.4. The van der Waals surface area contributed by atoms with E-state index in [9.17, 15) is 5.11 Å². The van der Waals surface area contributed by atoms with Crippen LogP contribution in [0.2, 0.25) is 0 Å². The number of hydrogen-bond acceptors (Lipinski definition) is 5. The van der Waals surface area contributed by atoms with E-state index in [4.69, 9.17) is 4.74 Å². The van der Waals surface area contributed by atoms with Crippen LogP contribution < -0.4 is 14.8 Å². The van der Waals surface area contributed by atoms with Gasteiger partial charge in [0.2, 0.25) is 0 Å². The first kappa shape index (κ1) is 10.9. The summed E-state index contributed by atoms with van der Waals surface area (Å²) < 4.78 is 8.23. The van der Waals surface area contributed by atoms with Crippen LogP contribution in [0.25, 0.3) is 28.1 Å². The van der Waals surface area contributed by atoms with Crippen LogP contribution in [0.4, 0.5) is 0 Å². The molecular formula is C13H9N5O2. The largest absolute Gasteiger partial charge is 0.616 e. The fraction of sp³-hybridized carbons (Fsp3) is 0.0769. The van der Waals surface area contributed by atoms with Crippen molar-refractivity contribution in [3.8, 4) is 0 Å². The lowest BCUT2D eigenvalue weighted by Crippen LogP contribution is -2.26. The highest BCUT2D eigenvalue weighted by molar-refractivity contribution is 5.78. The van der Waals surface area contributed by atoms with Crippen LogP contribution in [0.15, 0.2) is 36.8 Å². The van der Waals surface area contributed by atoms with Crippen molar-refractivity contribution in [2.75, 3.05) is 7.11 Å². The van der Waals surface area contributed by atoms with E-state index < -0.39 is 0 Å². The van der Waals surface area contributed by atoms with Gasteiger partial charge in [-0.1, -0.05) is 16.8 Å². The van der Waals surface area contributed by atoms with Gasteiger partial charge >= 0.3 is 11.3 Å². The number of aromatic nitrogens is 5. The Kier molecular flexibility index (Phi) is 2.06. The molecule has 0 N–H and O–H groups in total. The fourth-order valence-electron chi connectivity index (χ4n) is 2.37. The third-order valence-electron chi connectivity index (χ3n) is 3.22. The van der Waals surface area contributed by atoms with Gasteiger partial charge in [0.15, 0.2) is 0 Å². The molecule has 0 aliphatic heterocycles. The summed E-state index contributed by atoms with van der Waals surface area (Å²) in [5.74, 6) is -0.375. The predicted molar refractivity (Wildman–Crippen MR) is 67.1 cm³/mol. The number of fused-ring (bicyclic) bond motifs is 5. The van der Waals surface area contributed by atoms with Gasteiger partial charge in [0, 0.05) is 15.7 Å². The van der Waals surface area contributed by atoms with Crippen LogP contribution in [0, 0.1) is 0 Å². The lowest BCUT2D eigenvalue weighted by atomic mass is 10.2.